The molecule has 4 aromatic heterocycles. The van der Waals surface area contributed by atoms with Gasteiger partial charge in [-0.2, -0.15) is 0 Å². The minimum absolute atomic E-state index is 0.00726. The van der Waals surface area contributed by atoms with Crippen molar-refractivity contribution in [2.45, 2.75) is 127 Å². The largest absolute Gasteiger partial charge is 0.478 e. The molecule has 27 heteroatoms. The molecule has 0 aromatic carbocycles. The van der Waals surface area contributed by atoms with Crippen LogP contribution in [-0.4, -0.2) is 108 Å². The average molecular weight is 969 g/mol. The third-order valence-corrected chi connectivity index (χ3v) is 16.2. The lowest BCUT2D eigenvalue weighted by Gasteiger charge is -2.32. The fraction of sp³-hybridized carbons (Fsp3) is 0.692. The van der Waals surface area contributed by atoms with Crippen molar-refractivity contribution in [2.75, 3.05) is 38.3 Å². The summed E-state index contributed by atoms with van der Waals surface area (Å²) in [6, 6.07) is -1.15. The zero-order valence-corrected chi connectivity index (χ0v) is 38.0. The lowest BCUT2D eigenvalue weighted by Crippen LogP contribution is -2.37. The van der Waals surface area contributed by atoms with Crippen molar-refractivity contribution in [2.24, 2.45) is 16.7 Å². The van der Waals surface area contributed by atoms with E-state index >= 15 is 8.78 Å². The van der Waals surface area contributed by atoms with Gasteiger partial charge in [0.1, 0.15) is 48.2 Å². The van der Waals surface area contributed by atoms with Crippen molar-refractivity contribution in [3.8, 4) is 0 Å². The number of halogens is 2. The zero-order chi connectivity index (χ0) is 46.4. The van der Waals surface area contributed by atoms with E-state index in [1.807, 2.05) is 0 Å². The highest BCUT2D eigenvalue weighted by atomic mass is 31.2. The monoisotopic (exact) mass is 968 g/mol. The van der Waals surface area contributed by atoms with E-state index in [0.717, 1.165) is 44.9 Å². The van der Waals surface area contributed by atoms with Crippen LogP contribution >= 0.6 is 15.6 Å². The number of fused-ring (bicyclic) bond motifs is 4. The summed E-state index contributed by atoms with van der Waals surface area (Å²) in [6.07, 6.45) is 0.947. The van der Waals surface area contributed by atoms with Crippen LogP contribution < -0.4 is 11.5 Å². The summed E-state index contributed by atoms with van der Waals surface area (Å²) in [7, 11) is -10.1. The number of nitrogen functional groups attached to an aromatic ring is 2. The van der Waals surface area contributed by atoms with Gasteiger partial charge in [-0.3, -0.25) is 32.3 Å². The number of imidazole rings is 2. The van der Waals surface area contributed by atoms with Crippen LogP contribution in [0.25, 0.3) is 22.3 Å². The number of carbonyl (C=O) groups excluding carboxylic acids is 2. The highest BCUT2D eigenvalue weighted by Crippen LogP contribution is 2.60. The maximum Gasteiger partial charge on any atom is 0.478 e. The molecule has 6 unspecified atom stereocenters. The number of phosphoric ester groups is 2. The van der Waals surface area contributed by atoms with Crippen LogP contribution in [0.3, 0.4) is 0 Å². The molecule has 4 aromatic rings. The van der Waals surface area contributed by atoms with Gasteiger partial charge in [0.15, 0.2) is 35.3 Å². The van der Waals surface area contributed by atoms with Gasteiger partial charge >= 0.3 is 27.6 Å². The van der Waals surface area contributed by atoms with Crippen LogP contribution in [-0.2, 0) is 60.1 Å². The van der Waals surface area contributed by atoms with Crippen molar-refractivity contribution < 1.29 is 68.9 Å². The van der Waals surface area contributed by atoms with Crippen LogP contribution in [0.2, 0.25) is 0 Å². The highest BCUT2D eigenvalue weighted by Gasteiger charge is 2.56. The lowest BCUT2D eigenvalue weighted by atomic mass is 9.76. The SMILES string of the molecule is CC1(C(=O)OCOP2(=O)OC[C@H]3O[C@@H](n4cnc5c(N)ncnc54)C(F)C3OP(=O)(OCOC(=O)C3(C)CCCCC3)OC[C@H]3C[C@@H](n4cnc5c(N)ncnc54)C(F)C3O2)CCCCC1. The molecule has 0 radical (unpaired) electrons. The van der Waals surface area contributed by atoms with Crippen molar-refractivity contribution in [1.82, 2.24) is 39.0 Å². The van der Waals surface area contributed by atoms with Crippen LogP contribution in [0.4, 0.5) is 20.4 Å². The van der Waals surface area contributed by atoms with E-state index in [0.29, 0.717) is 25.7 Å². The third-order valence-electron chi connectivity index (χ3n) is 13.4. The van der Waals surface area contributed by atoms with Gasteiger partial charge < -0.3 is 30.2 Å². The third kappa shape index (κ3) is 9.17. The number of nitrogens with zero attached hydrogens (tertiary/aromatic N) is 8. The van der Waals surface area contributed by atoms with E-state index < -0.39 is 114 Å². The number of hydrogen-bond donors (Lipinski definition) is 2. The number of nitrogens with two attached hydrogens (primary N) is 2. The smallest absolute Gasteiger partial charge is 0.437 e. The van der Waals surface area contributed by atoms with Crippen LogP contribution in [0, 0.1) is 16.7 Å². The van der Waals surface area contributed by atoms with Gasteiger partial charge in [-0.25, -0.2) is 56.9 Å². The molecular formula is C39H52F2N10O13P2. The number of aromatic nitrogens is 8. The van der Waals surface area contributed by atoms with E-state index in [1.54, 1.807) is 13.8 Å². The average Bonchev–Trinajstić information content (AvgIpc) is 4.07. The Balaban J connectivity index is 1.04. The Kier molecular flexibility index (Phi) is 13.2. The summed E-state index contributed by atoms with van der Waals surface area (Å²) in [6.45, 7) is 0.119. The van der Waals surface area contributed by atoms with Crippen molar-refractivity contribution in [1.29, 1.82) is 0 Å². The Labute approximate surface area is 376 Å². The lowest BCUT2D eigenvalue weighted by molar-refractivity contribution is -0.165. The molecule has 2 aliphatic heterocycles. The molecule has 4 N–H and O–H groups in total. The molecule has 0 amide bonds. The summed E-state index contributed by atoms with van der Waals surface area (Å²) in [4.78, 5) is 51.3. The Bertz CT molecular complexity index is 2360. The molecule has 10 atom stereocenters. The maximum atomic E-state index is 17.1. The first kappa shape index (κ1) is 46.8. The predicted molar refractivity (Wildman–Crippen MR) is 224 cm³/mol. The summed E-state index contributed by atoms with van der Waals surface area (Å²) in [5.74, 6) is -2.33. The molecule has 2 saturated heterocycles. The molecule has 5 aliphatic rings. The highest BCUT2D eigenvalue weighted by molar-refractivity contribution is 7.48. The number of hydrogen-bond acceptors (Lipinski definition) is 21. The molecule has 23 nitrogen and oxygen atoms in total. The molecular weight excluding hydrogens is 916 g/mol. The minimum atomic E-state index is -5.04. The van der Waals surface area contributed by atoms with E-state index in [2.05, 4.69) is 29.9 Å². The zero-order valence-electron chi connectivity index (χ0n) is 36.2. The topological polar surface area (TPSA) is 291 Å². The fourth-order valence-corrected chi connectivity index (χ4v) is 12.1. The summed E-state index contributed by atoms with van der Waals surface area (Å²) in [5, 5.41) is 0. The van der Waals surface area contributed by atoms with E-state index in [1.165, 1.54) is 28.1 Å². The number of carbonyl (C=O) groups is 2. The van der Waals surface area contributed by atoms with E-state index in [4.69, 9.17) is 52.8 Å². The quantitative estimate of drug-likeness (QED) is 0.105. The number of phosphoric acid groups is 2. The van der Waals surface area contributed by atoms with Gasteiger partial charge in [0.05, 0.1) is 42.7 Å². The fourth-order valence-electron chi connectivity index (χ4n) is 9.53. The Morgan fingerprint density at radius 2 is 1.21 bits per heavy atom. The number of anilines is 2. The van der Waals surface area contributed by atoms with Gasteiger partial charge in [0.2, 0.25) is 13.6 Å². The van der Waals surface area contributed by atoms with Gasteiger partial charge in [0, 0.05) is 5.92 Å². The Hall–Kier alpha value is -4.32. The molecule has 3 aliphatic carbocycles. The molecule has 0 bridgehead atoms. The van der Waals surface area contributed by atoms with Gasteiger partial charge in [-0.15, -0.1) is 0 Å². The van der Waals surface area contributed by atoms with Crippen molar-refractivity contribution in [3.05, 3.63) is 25.3 Å². The van der Waals surface area contributed by atoms with Gasteiger partial charge in [0.25, 0.3) is 0 Å². The molecule has 5 fully saturated rings. The van der Waals surface area contributed by atoms with E-state index in [9.17, 15) is 18.7 Å². The van der Waals surface area contributed by atoms with Crippen molar-refractivity contribution >= 4 is 61.5 Å². The molecule has 0 spiro atoms. The summed E-state index contributed by atoms with van der Waals surface area (Å²) < 4.78 is 118. The predicted octanol–water partition coefficient (Wildman–Crippen LogP) is 5.97. The number of alkyl halides is 2. The van der Waals surface area contributed by atoms with E-state index in [-0.39, 0.29) is 40.4 Å². The standard InChI is InChI=1S/C39H52F2N10O13P2/c1-38(9-5-3-6-10-38)36(52)56-20-60-65(54)58-14-22-13-23(50-18-48-27-31(42)44-16-46-33(27)50)25(40)29(22)63-66(55,61-21-57-37(53)39(2)11-7-4-8-12-39)59-15-24-30(64-65)26(41)35(62-24)51-19-49-28-32(43)45-17-47-34(28)51/h16-19,22-26,29-30,35H,3-15,20-21H2,1-2H3,(H2,42,44,46)(H2,43,45,47)/t22-,23-,24-,25?,26?,29?,30?,35-,65?,66?/m1/s1. The Morgan fingerprint density at radius 3 is 1.77 bits per heavy atom. The summed E-state index contributed by atoms with van der Waals surface area (Å²) in [5.41, 5.74) is 10.9. The van der Waals surface area contributed by atoms with Crippen LogP contribution in [0.5, 0.6) is 0 Å². The second-order valence-corrected chi connectivity index (χ2v) is 21.2. The summed E-state index contributed by atoms with van der Waals surface area (Å²) >= 11 is 0. The molecule has 6 heterocycles. The van der Waals surface area contributed by atoms with Crippen LogP contribution in [0.15, 0.2) is 25.3 Å². The first-order chi connectivity index (χ1) is 31.6. The molecule has 360 valence electrons. The molecule has 9 rings (SSSR count). The number of esters is 2. The van der Waals surface area contributed by atoms with Crippen LogP contribution in [0.1, 0.15) is 96.7 Å². The molecule has 66 heavy (non-hydrogen) atoms. The maximum absolute atomic E-state index is 17.1. The Morgan fingerprint density at radius 1 is 0.712 bits per heavy atom. The number of ether oxygens (including phenoxy) is 3. The first-order valence-corrected chi connectivity index (χ1v) is 24.8. The van der Waals surface area contributed by atoms with Gasteiger partial charge in [-0.1, -0.05) is 38.5 Å². The second-order valence-electron chi connectivity index (χ2n) is 17.9. The first-order valence-electron chi connectivity index (χ1n) is 21.9. The normalized spacial score (nSPS) is 33.6. The number of rotatable bonds is 10. The van der Waals surface area contributed by atoms with Crippen molar-refractivity contribution in [3.63, 3.8) is 0 Å². The second kappa shape index (κ2) is 18.6. The minimum Gasteiger partial charge on any atom is -0.437 e. The van der Waals surface area contributed by atoms with Gasteiger partial charge in [-0.05, 0) is 46.0 Å². The molecule has 3 saturated carbocycles.